The number of carbonyl (C=O) groups is 1. The third-order valence-electron chi connectivity index (χ3n) is 3.80. The molecule has 0 radical (unpaired) electrons. The minimum atomic E-state index is -0.379. The zero-order valence-electron chi connectivity index (χ0n) is 11.3. The number of carbonyl (C=O) groups excluding carboxylic acids is 1. The topological polar surface area (TPSA) is 58.6 Å². The summed E-state index contributed by atoms with van der Waals surface area (Å²) in [6.07, 6.45) is 0.188. The normalized spacial score (nSPS) is 23.9. The average Bonchev–Trinajstić information content (AvgIpc) is 2.39. The molecule has 1 aromatic carbocycles. The van der Waals surface area contributed by atoms with Crippen molar-refractivity contribution < 1.29 is 14.6 Å². The van der Waals surface area contributed by atoms with Crippen LogP contribution in [0.2, 0.25) is 10.0 Å². The molecule has 1 saturated carbocycles. The molecule has 2 rings (SSSR count). The highest BCUT2D eigenvalue weighted by Gasteiger charge is 2.47. The van der Waals surface area contributed by atoms with Gasteiger partial charge in [-0.05, 0) is 18.6 Å². The van der Waals surface area contributed by atoms with E-state index in [4.69, 9.17) is 27.9 Å². The van der Waals surface area contributed by atoms with Gasteiger partial charge in [-0.3, -0.25) is 4.79 Å². The Balaban J connectivity index is 1.86. The third-order valence-corrected chi connectivity index (χ3v) is 4.35. The lowest BCUT2D eigenvalue weighted by atomic mass is 9.64. The number of benzene rings is 1. The van der Waals surface area contributed by atoms with Gasteiger partial charge in [0.1, 0.15) is 5.75 Å². The first kappa shape index (κ1) is 15.4. The molecule has 1 aromatic rings. The molecule has 0 heterocycles. The Morgan fingerprint density at radius 3 is 2.80 bits per heavy atom. The SMILES string of the molecule is CC1(C)C(O)CC1NC(=O)COc1cc(Cl)ccc1Cl. The number of hydrogen-bond acceptors (Lipinski definition) is 3. The van der Waals surface area contributed by atoms with Crippen molar-refractivity contribution >= 4 is 29.1 Å². The average molecular weight is 318 g/mol. The van der Waals surface area contributed by atoms with Gasteiger partial charge in [0.05, 0.1) is 11.1 Å². The molecule has 0 spiro atoms. The lowest BCUT2D eigenvalue weighted by molar-refractivity contribution is -0.131. The number of nitrogens with one attached hydrogen (secondary N) is 1. The molecule has 1 aliphatic rings. The monoisotopic (exact) mass is 317 g/mol. The molecule has 6 heteroatoms. The summed E-state index contributed by atoms with van der Waals surface area (Å²) in [7, 11) is 0. The van der Waals surface area contributed by atoms with Gasteiger partial charge in [0.2, 0.25) is 0 Å². The van der Waals surface area contributed by atoms with Gasteiger partial charge >= 0.3 is 0 Å². The Bertz CT molecular complexity index is 519. The third kappa shape index (κ3) is 3.19. The van der Waals surface area contributed by atoms with Crippen LogP contribution in [0.1, 0.15) is 20.3 Å². The van der Waals surface area contributed by atoms with Gasteiger partial charge < -0.3 is 15.2 Å². The highest BCUT2D eigenvalue weighted by molar-refractivity contribution is 6.34. The minimum absolute atomic E-state index is 0.0385. The standard InChI is InChI=1S/C14H17Cl2NO3/c1-14(2)11(6-12(14)18)17-13(19)7-20-10-5-8(15)3-4-9(10)16/h3-5,11-12,18H,6-7H2,1-2H3,(H,17,19). The lowest BCUT2D eigenvalue weighted by Crippen LogP contribution is -2.61. The molecule has 0 saturated heterocycles. The summed E-state index contributed by atoms with van der Waals surface area (Å²) in [5.74, 6) is 0.133. The number of rotatable bonds is 4. The van der Waals surface area contributed by atoms with Crippen LogP contribution in [-0.2, 0) is 4.79 Å². The van der Waals surface area contributed by atoms with Crippen LogP contribution in [0.25, 0.3) is 0 Å². The zero-order chi connectivity index (χ0) is 14.9. The maximum absolute atomic E-state index is 11.8. The van der Waals surface area contributed by atoms with Crippen molar-refractivity contribution in [3.05, 3.63) is 28.2 Å². The second kappa shape index (κ2) is 5.80. The minimum Gasteiger partial charge on any atom is -0.482 e. The maximum atomic E-state index is 11.8. The van der Waals surface area contributed by atoms with Gasteiger partial charge in [0.25, 0.3) is 5.91 Å². The zero-order valence-corrected chi connectivity index (χ0v) is 12.8. The molecule has 20 heavy (non-hydrogen) atoms. The predicted molar refractivity (Wildman–Crippen MR) is 78.3 cm³/mol. The van der Waals surface area contributed by atoms with Gasteiger partial charge in [-0.25, -0.2) is 0 Å². The van der Waals surface area contributed by atoms with Crippen LogP contribution < -0.4 is 10.1 Å². The Kier molecular flexibility index (Phi) is 4.47. The van der Waals surface area contributed by atoms with Crippen LogP contribution in [-0.4, -0.2) is 29.8 Å². The Labute approximate surface area is 128 Å². The fourth-order valence-electron chi connectivity index (χ4n) is 2.11. The number of halogens is 2. The number of aliphatic hydroxyl groups excluding tert-OH is 1. The highest BCUT2D eigenvalue weighted by atomic mass is 35.5. The molecule has 0 bridgehead atoms. The van der Waals surface area contributed by atoms with Crippen LogP contribution in [0.15, 0.2) is 18.2 Å². The van der Waals surface area contributed by atoms with Crippen LogP contribution in [0.3, 0.4) is 0 Å². The summed E-state index contributed by atoms with van der Waals surface area (Å²) < 4.78 is 5.35. The Morgan fingerprint density at radius 1 is 1.50 bits per heavy atom. The molecule has 2 unspecified atom stereocenters. The first-order chi connectivity index (χ1) is 9.30. The van der Waals surface area contributed by atoms with Crippen LogP contribution >= 0.6 is 23.2 Å². The van der Waals surface area contributed by atoms with Crippen molar-refractivity contribution in [2.45, 2.75) is 32.4 Å². The molecule has 0 aromatic heterocycles. The van der Waals surface area contributed by atoms with E-state index in [0.717, 1.165) is 0 Å². The molecule has 110 valence electrons. The van der Waals surface area contributed by atoms with E-state index in [-0.39, 0.29) is 30.1 Å². The number of hydrogen-bond donors (Lipinski definition) is 2. The van der Waals surface area contributed by atoms with E-state index in [2.05, 4.69) is 5.32 Å². The molecule has 1 fully saturated rings. The molecular weight excluding hydrogens is 301 g/mol. The van der Waals surface area contributed by atoms with Gasteiger partial charge in [-0.1, -0.05) is 37.0 Å². The van der Waals surface area contributed by atoms with Crippen molar-refractivity contribution in [2.24, 2.45) is 5.41 Å². The molecule has 0 aliphatic heterocycles. The molecular formula is C14H17Cl2NO3. The fraction of sp³-hybridized carbons (Fsp3) is 0.500. The first-order valence-electron chi connectivity index (χ1n) is 6.36. The maximum Gasteiger partial charge on any atom is 0.258 e. The molecule has 1 amide bonds. The highest BCUT2D eigenvalue weighted by Crippen LogP contribution is 2.40. The van der Waals surface area contributed by atoms with Gasteiger partial charge in [0, 0.05) is 22.5 Å². The van der Waals surface area contributed by atoms with Crippen LogP contribution in [0.5, 0.6) is 5.75 Å². The number of amides is 1. The summed E-state index contributed by atoms with van der Waals surface area (Å²) in [6, 6.07) is 4.79. The van der Waals surface area contributed by atoms with Crippen molar-refractivity contribution in [1.29, 1.82) is 0 Å². The van der Waals surface area contributed by atoms with E-state index in [0.29, 0.717) is 22.2 Å². The largest absolute Gasteiger partial charge is 0.482 e. The van der Waals surface area contributed by atoms with Gasteiger partial charge in [-0.2, -0.15) is 0 Å². The summed E-state index contributed by atoms with van der Waals surface area (Å²) in [4.78, 5) is 11.8. The van der Waals surface area contributed by atoms with Gasteiger partial charge in [-0.15, -0.1) is 0 Å². The first-order valence-corrected chi connectivity index (χ1v) is 7.11. The lowest BCUT2D eigenvalue weighted by Gasteiger charge is -2.49. The molecule has 1 aliphatic carbocycles. The molecule has 2 N–H and O–H groups in total. The second-order valence-electron chi connectivity index (χ2n) is 5.56. The molecule has 4 nitrogen and oxygen atoms in total. The van der Waals surface area contributed by atoms with Crippen molar-refractivity contribution in [1.82, 2.24) is 5.32 Å². The molecule has 2 atom stereocenters. The summed E-state index contributed by atoms with van der Waals surface area (Å²) in [5, 5.41) is 13.4. The van der Waals surface area contributed by atoms with Crippen molar-refractivity contribution in [2.75, 3.05) is 6.61 Å². The van der Waals surface area contributed by atoms with E-state index in [1.165, 1.54) is 0 Å². The summed E-state index contributed by atoms with van der Waals surface area (Å²) in [5.41, 5.74) is -0.302. The Hall–Kier alpha value is -0.970. The second-order valence-corrected chi connectivity index (χ2v) is 6.40. The van der Waals surface area contributed by atoms with Crippen molar-refractivity contribution in [3.63, 3.8) is 0 Å². The smallest absolute Gasteiger partial charge is 0.258 e. The quantitative estimate of drug-likeness (QED) is 0.897. The number of ether oxygens (including phenoxy) is 1. The fourth-order valence-corrected chi connectivity index (χ4v) is 2.45. The summed E-state index contributed by atoms with van der Waals surface area (Å²) in [6.45, 7) is 3.70. The van der Waals surface area contributed by atoms with E-state index in [1.807, 2.05) is 13.8 Å². The Morgan fingerprint density at radius 2 is 2.20 bits per heavy atom. The van der Waals surface area contributed by atoms with Crippen LogP contribution in [0, 0.1) is 5.41 Å². The van der Waals surface area contributed by atoms with E-state index < -0.39 is 0 Å². The van der Waals surface area contributed by atoms with E-state index in [9.17, 15) is 9.90 Å². The summed E-state index contributed by atoms with van der Waals surface area (Å²) >= 11 is 11.8. The predicted octanol–water partition coefficient (Wildman–Crippen LogP) is 2.65. The van der Waals surface area contributed by atoms with Crippen LogP contribution in [0.4, 0.5) is 0 Å². The number of aliphatic hydroxyl groups is 1. The van der Waals surface area contributed by atoms with E-state index >= 15 is 0 Å². The van der Waals surface area contributed by atoms with Gasteiger partial charge in [0.15, 0.2) is 6.61 Å². The van der Waals surface area contributed by atoms with E-state index in [1.54, 1.807) is 18.2 Å². The van der Waals surface area contributed by atoms with Crippen molar-refractivity contribution in [3.8, 4) is 5.75 Å².